The van der Waals surface area contributed by atoms with Gasteiger partial charge in [0.05, 0.1) is 11.1 Å². The SMILES string of the molecule is CC1(C)Cc2cc(-c3cc(Cl)ncc3Cl)ccc2C1NC(=O)O[C@@H]1CN2CCC1CC2. The molecule has 1 aliphatic carbocycles. The average molecular weight is 460 g/mol. The van der Waals surface area contributed by atoms with E-state index in [1.807, 2.05) is 6.07 Å². The molecule has 1 amide bonds. The summed E-state index contributed by atoms with van der Waals surface area (Å²) in [5.41, 5.74) is 4.09. The molecule has 164 valence electrons. The lowest BCUT2D eigenvalue weighted by molar-refractivity contribution is -0.0348. The first-order valence-corrected chi connectivity index (χ1v) is 11.7. The number of fused-ring (bicyclic) bond motifs is 4. The van der Waals surface area contributed by atoms with Gasteiger partial charge in [-0.2, -0.15) is 0 Å². The molecule has 7 heteroatoms. The summed E-state index contributed by atoms with van der Waals surface area (Å²) in [6.45, 7) is 7.49. The van der Waals surface area contributed by atoms with Crippen LogP contribution in [0.25, 0.3) is 11.1 Å². The Kier molecular flexibility index (Phi) is 5.40. The maximum Gasteiger partial charge on any atom is 0.407 e. The van der Waals surface area contributed by atoms with E-state index in [1.165, 1.54) is 5.56 Å². The number of halogens is 2. The topological polar surface area (TPSA) is 54.5 Å². The number of carbonyl (C=O) groups is 1. The van der Waals surface area contributed by atoms with Gasteiger partial charge in [-0.3, -0.25) is 4.90 Å². The summed E-state index contributed by atoms with van der Waals surface area (Å²) in [6, 6.07) is 7.96. The molecule has 0 spiro atoms. The van der Waals surface area contributed by atoms with Crippen molar-refractivity contribution >= 4 is 29.3 Å². The minimum absolute atomic E-state index is 0.00689. The van der Waals surface area contributed by atoms with Crippen LogP contribution in [-0.2, 0) is 11.2 Å². The van der Waals surface area contributed by atoms with E-state index in [9.17, 15) is 4.79 Å². The number of nitrogens with one attached hydrogen (secondary N) is 1. The Labute approximate surface area is 193 Å². The number of alkyl carbamates (subject to hydrolysis) is 1. The Hall–Kier alpha value is -1.82. The molecule has 3 fully saturated rings. The fraction of sp³-hybridized carbons (Fsp3) is 0.500. The minimum Gasteiger partial charge on any atom is -0.445 e. The summed E-state index contributed by atoms with van der Waals surface area (Å²) < 4.78 is 5.89. The van der Waals surface area contributed by atoms with Crippen LogP contribution >= 0.6 is 23.2 Å². The van der Waals surface area contributed by atoms with Gasteiger partial charge in [0.15, 0.2) is 0 Å². The number of rotatable bonds is 3. The largest absolute Gasteiger partial charge is 0.445 e. The molecule has 2 bridgehead atoms. The molecule has 4 heterocycles. The molecular formula is C24H27Cl2N3O2. The van der Waals surface area contributed by atoms with Crippen LogP contribution in [0.15, 0.2) is 30.5 Å². The molecule has 0 radical (unpaired) electrons. The van der Waals surface area contributed by atoms with Gasteiger partial charge in [0.25, 0.3) is 0 Å². The van der Waals surface area contributed by atoms with Gasteiger partial charge in [0.2, 0.25) is 0 Å². The summed E-state index contributed by atoms with van der Waals surface area (Å²) in [5.74, 6) is 0.499. The Morgan fingerprint density at radius 3 is 2.71 bits per heavy atom. The monoisotopic (exact) mass is 459 g/mol. The zero-order valence-electron chi connectivity index (χ0n) is 17.8. The van der Waals surface area contributed by atoms with E-state index in [4.69, 9.17) is 27.9 Å². The van der Waals surface area contributed by atoms with Gasteiger partial charge in [-0.15, -0.1) is 0 Å². The number of hydrogen-bond donors (Lipinski definition) is 1. The zero-order valence-corrected chi connectivity index (χ0v) is 19.3. The number of benzene rings is 1. The van der Waals surface area contributed by atoms with E-state index in [0.29, 0.717) is 16.1 Å². The molecule has 3 aliphatic heterocycles. The molecule has 1 unspecified atom stereocenters. The second-order valence-electron chi connectivity index (χ2n) is 9.72. The maximum atomic E-state index is 12.8. The van der Waals surface area contributed by atoms with Crippen LogP contribution in [0.1, 0.15) is 43.9 Å². The number of carbonyl (C=O) groups excluding carboxylic acids is 1. The van der Waals surface area contributed by atoms with Crippen molar-refractivity contribution in [1.29, 1.82) is 0 Å². The van der Waals surface area contributed by atoms with Crippen LogP contribution in [0.3, 0.4) is 0 Å². The van der Waals surface area contributed by atoms with Crippen LogP contribution in [0.5, 0.6) is 0 Å². The van der Waals surface area contributed by atoms with Gasteiger partial charge in [-0.1, -0.05) is 55.2 Å². The molecule has 6 rings (SSSR count). The number of pyridine rings is 1. The van der Waals surface area contributed by atoms with Crippen molar-refractivity contribution in [3.63, 3.8) is 0 Å². The Bertz CT molecular complexity index is 1020. The van der Waals surface area contributed by atoms with E-state index in [0.717, 1.165) is 55.6 Å². The molecule has 1 N–H and O–H groups in total. The van der Waals surface area contributed by atoms with Crippen LogP contribution < -0.4 is 5.32 Å². The number of amides is 1. The lowest BCUT2D eigenvalue weighted by Gasteiger charge is -2.44. The number of piperidine rings is 3. The molecule has 1 aromatic carbocycles. The number of nitrogens with zero attached hydrogens (tertiary/aromatic N) is 2. The summed E-state index contributed by atoms with van der Waals surface area (Å²) in [5, 5.41) is 4.15. The van der Waals surface area contributed by atoms with Crippen molar-refractivity contribution in [3.8, 4) is 11.1 Å². The molecule has 2 aromatic rings. The molecule has 4 aliphatic rings. The van der Waals surface area contributed by atoms with Gasteiger partial charge in [0.1, 0.15) is 11.3 Å². The second-order valence-corrected chi connectivity index (χ2v) is 10.5. The first-order chi connectivity index (χ1) is 14.8. The van der Waals surface area contributed by atoms with Crippen LogP contribution in [0.2, 0.25) is 10.2 Å². The van der Waals surface area contributed by atoms with E-state index >= 15 is 0 Å². The van der Waals surface area contributed by atoms with Crippen molar-refractivity contribution in [2.24, 2.45) is 11.3 Å². The van der Waals surface area contributed by atoms with Crippen molar-refractivity contribution in [2.75, 3.05) is 19.6 Å². The highest BCUT2D eigenvalue weighted by atomic mass is 35.5. The van der Waals surface area contributed by atoms with Gasteiger partial charge in [-0.25, -0.2) is 9.78 Å². The van der Waals surface area contributed by atoms with Gasteiger partial charge in [-0.05, 0) is 66.4 Å². The average Bonchev–Trinajstić information content (AvgIpc) is 2.99. The van der Waals surface area contributed by atoms with Crippen molar-refractivity contribution in [2.45, 2.75) is 45.3 Å². The summed E-state index contributed by atoms with van der Waals surface area (Å²) in [7, 11) is 0. The van der Waals surface area contributed by atoms with E-state index < -0.39 is 0 Å². The molecule has 31 heavy (non-hydrogen) atoms. The normalized spacial score (nSPS) is 28.3. The molecule has 0 saturated carbocycles. The minimum atomic E-state index is -0.308. The molecule has 3 saturated heterocycles. The molecular weight excluding hydrogens is 433 g/mol. The lowest BCUT2D eigenvalue weighted by Crippen LogP contribution is -2.53. The van der Waals surface area contributed by atoms with E-state index in [1.54, 1.807) is 12.3 Å². The standard InChI is InChI=1S/C24H27Cl2N3O2/c1-24(2)11-16-9-15(18-10-21(26)27-12-19(18)25)3-4-17(16)22(24)28-23(30)31-20-13-29-7-5-14(20)6-8-29/h3-4,9-10,12,14,20,22H,5-8,11,13H2,1-2H3,(H,28,30)/t20-,22?/m1/s1. The predicted molar refractivity (Wildman–Crippen MR) is 122 cm³/mol. The Morgan fingerprint density at radius 2 is 2.00 bits per heavy atom. The van der Waals surface area contributed by atoms with Gasteiger partial charge >= 0.3 is 6.09 Å². The summed E-state index contributed by atoms with van der Waals surface area (Å²) >= 11 is 12.4. The quantitative estimate of drug-likeness (QED) is 0.615. The van der Waals surface area contributed by atoms with Crippen LogP contribution in [-0.4, -0.2) is 41.7 Å². The highest BCUT2D eigenvalue weighted by molar-refractivity contribution is 6.34. The third kappa shape index (κ3) is 4.04. The molecule has 1 aromatic heterocycles. The molecule has 5 nitrogen and oxygen atoms in total. The highest BCUT2D eigenvalue weighted by Crippen LogP contribution is 2.46. The molecule has 2 atom stereocenters. The number of hydrogen-bond acceptors (Lipinski definition) is 4. The predicted octanol–water partition coefficient (Wildman–Crippen LogP) is 5.50. The second kappa shape index (κ2) is 7.95. The Balaban J connectivity index is 1.35. The number of aromatic nitrogens is 1. The summed E-state index contributed by atoms with van der Waals surface area (Å²) in [4.78, 5) is 19.3. The smallest absolute Gasteiger partial charge is 0.407 e. The van der Waals surface area contributed by atoms with Crippen molar-refractivity contribution < 1.29 is 9.53 Å². The van der Waals surface area contributed by atoms with Crippen LogP contribution in [0, 0.1) is 11.3 Å². The highest BCUT2D eigenvalue weighted by Gasteiger charge is 2.42. The zero-order chi connectivity index (χ0) is 21.8. The number of ether oxygens (including phenoxy) is 1. The van der Waals surface area contributed by atoms with Crippen molar-refractivity contribution in [1.82, 2.24) is 15.2 Å². The first-order valence-electron chi connectivity index (χ1n) is 10.9. The third-order valence-corrected chi connectivity index (χ3v) is 7.64. The lowest BCUT2D eigenvalue weighted by atomic mass is 9.85. The first kappa shape index (κ1) is 21.0. The Morgan fingerprint density at radius 1 is 1.23 bits per heavy atom. The fourth-order valence-corrected chi connectivity index (χ4v) is 5.83. The van der Waals surface area contributed by atoms with Gasteiger partial charge < -0.3 is 10.1 Å². The van der Waals surface area contributed by atoms with Gasteiger partial charge in [0, 0.05) is 18.3 Å². The van der Waals surface area contributed by atoms with E-state index in [-0.39, 0.29) is 23.7 Å². The maximum absolute atomic E-state index is 12.8. The fourth-order valence-electron chi connectivity index (χ4n) is 5.46. The van der Waals surface area contributed by atoms with Crippen LogP contribution in [0.4, 0.5) is 4.79 Å². The summed E-state index contributed by atoms with van der Waals surface area (Å²) in [6.07, 6.45) is 4.38. The van der Waals surface area contributed by atoms with E-state index in [2.05, 4.69) is 41.2 Å². The van der Waals surface area contributed by atoms with Crippen molar-refractivity contribution in [3.05, 3.63) is 51.8 Å². The third-order valence-electron chi connectivity index (χ3n) is 7.13.